The van der Waals surface area contributed by atoms with E-state index in [1.54, 1.807) is 24.3 Å². The summed E-state index contributed by atoms with van der Waals surface area (Å²) in [6, 6.07) is 10.6. The summed E-state index contributed by atoms with van der Waals surface area (Å²) in [5, 5.41) is 3.93. The molecule has 0 fully saturated rings. The minimum Gasteiger partial charge on any atom is -0.361 e. The van der Waals surface area contributed by atoms with Gasteiger partial charge in [-0.05, 0) is 50.6 Å². The predicted octanol–water partition coefficient (Wildman–Crippen LogP) is 4.13. The molecule has 1 aromatic carbocycles. The van der Waals surface area contributed by atoms with Crippen LogP contribution in [0.3, 0.4) is 0 Å². The van der Waals surface area contributed by atoms with Gasteiger partial charge in [0.05, 0.1) is 5.69 Å². The minimum absolute atomic E-state index is 0.310. The molecule has 0 aliphatic heterocycles. The molecule has 0 atom stereocenters. The molecule has 1 N–H and O–H groups in total. The van der Waals surface area contributed by atoms with E-state index >= 15 is 0 Å². The second-order valence-corrected chi connectivity index (χ2v) is 8.44. The molecule has 0 aliphatic rings. The molecule has 2 heterocycles. The molecule has 0 saturated heterocycles. The van der Waals surface area contributed by atoms with Crippen molar-refractivity contribution in [2.75, 3.05) is 4.72 Å². The molecule has 0 bridgehead atoms. The van der Waals surface area contributed by atoms with Crippen LogP contribution in [-0.2, 0) is 10.0 Å². The number of aryl methyl sites for hydroxylation is 3. The van der Waals surface area contributed by atoms with Crippen LogP contribution in [0, 0.1) is 20.8 Å². The normalized spacial score (nSPS) is 11.6. The number of nitrogens with zero attached hydrogens (tertiary/aromatic N) is 1. The van der Waals surface area contributed by atoms with Gasteiger partial charge in [0.25, 0.3) is 10.0 Å². The van der Waals surface area contributed by atoms with Crippen LogP contribution in [0.5, 0.6) is 0 Å². The van der Waals surface area contributed by atoms with Gasteiger partial charge in [-0.2, -0.15) is 0 Å². The summed E-state index contributed by atoms with van der Waals surface area (Å²) < 4.78 is 32.7. The highest BCUT2D eigenvalue weighted by Crippen LogP contribution is 2.29. The second kappa shape index (κ2) is 5.82. The van der Waals surface area contributed by atoms with Gasteiger partial charge in [0.2, 0.25) is 0 Å². The molecule has 120 valence electrons. The SMILES string of the molecule is Cc1ccc(S(=O)(=O)Nc2ccc(-c3c(C)noc3C)cc2)s1. The molecule has 5 nitrogen and oxygen atoms in total. The molecule has 0 aliphatic carbocycles. The van der Waals surface area contributed by atoms with Crippen molar-refractivity contribution in [2.45, 2.75) is 25.0 Å². The Morgan fingerprint density at radius 2 is 1.74 bits per heavy atom. The quantitative estimate of drug-likeness (QED) is 0.769. The largest absolute Gasteiger partial charge is 0.361 e. The summed E-state index contributed by atoms with van der Waals surface area (Å²) >= 11 is 1.25. The molecule has 3 aromatic rings. The number of hydrogen-bond donors (Lipinski definition) is 1. The van der Waals surface area contributed by atoms with Crippen LogP contribution in [0.1, 0.15) is 16.3 Å². The summed E-state index contributed by atoms with van der Waals surface area (Å²) in [4.78, 5) is 0.958. The Morgan fingerprint density at radius 3 is 2.26 bits per heavy atom. The Labute approximate surface area is 139 Å². The summed E-state index contributed by atoms with van der Waals surface area (Å²) in [5.41, 5.74) is 3.21. The van der Waals surface area contributed by atoms with Crippen molar-refractivity contribution in [1.82, 2.24) is 5.16 Å². The van der Waals surface area contributed by atoms with Gasteiger partial charge in [-0.15, -0.1) is 11.3 Å². The first-order valence-corrected chi connectivity index (χ1v) is 9.29. The fourth-order valence-electron chi connectivity index (χ4n) is 2.36. The maximum absolute atomic E-state index is 12.3. The zero-order valence-corrected chi connectivity index (χ0v) is 14.6. The van der Waals surface area contributed by atoms with E-state index in [2.05, 4.69) is 9.88 Å². The van der Waals surface area contributed by atoms with E-state index in [1.807, 2.05) is 32.9 Å². The van der Waals surface area contributed by atoms with Crippen LogP contribution in [0.15, 0.2) is 45.1 Å². The van der Waals surface area contributed by atoms with Crippen LogP contribution < -0.4 is 4.72 Å². The van der Waals surface area contributed by atoms with Crippen molar-refractivity contribution in [1.29, 1.82) is 0 Å². The van der Waals surface area contributed by atoms with E-state index < -0.39 is 10.0 Å². The van der Waals surface area contributed by atoms with E-state index in [9.17, 15) is 8.42 Å². The van der Waals surface area contributed by atoms with Gasteiger partial charge in [-0.25, -0.2) is 8.42 Å². The molecule has 0 amide bonds. The number of sulfonamides is 1. The lowest BCUT2D eigenvalue weighted by atomic mass is 10.0. The van der Waals surface area contributed by atoms with Crippen LogP contribution >= 0.6 is 11.3 Å². The van der Waals surface area contributed by atoms with Crippen LogP contribution in [0.25, 0.3) is 11.1 Å². The number of benzene rings is 1. The highest BCUT2D eigenvalue weighted by molar-refractivity contribution is 7.94. The van der Waals surface area contributed by atoms with Crippen molar-refractivity contribution in [2.24, 2.45) is 0 Å². The fourth-order valence-corrected chi connectivity index (χ4v) is 4.70. The number of anilines is 1. The highest BCUT2D eigenvalue weighted by atomic mass is 32.2. The molecule has 2 aromatic heterocycles. The van der Waals surface area contributed by atoms with E-state index in [0.29, 0.717) is 9.90 Å². The Morgan fingerprint density at radius 1 is 1.04 bits per heavy atom. The van der Waals surface area contributed by atoms with Crippen molar-refractivity contribution in [3.05, 3.63) is 52.7 Å². The van der Waals surface area contributed by atoms with Crippen LogP contribution in [-0.4, -0.2) is 13.6 Å². The van der Waals surface area contributed by atoms with Gasteiger partial charge < -0.3 is 4.52 Å². The van der Waals surface area contributed by atoms with Gasteiger partial charge in [0, 0.05) is 16.1 Å². The Hall–Kier alpha value is -2.12. The zero-order valence-electron chi connectivity index (χ0n) is 13.0. The molecule has 3 rings (SSSR count). The van der Waals surface area contributed by atoms with E-state index in [1.165, 1.54) is 11.3 Å². The Kier molecular flexibility index (Phi) is 3.99. The zero-order chi connectivity index (χ0) is 16.6. The van der Waals surface area contributed by atoms with Gasteiger partial charge in [-0.1, -0.05) is 17.3 Å². The van der Waals surface area contributed by atoms with Crippen molar-refractivity contribution in [3.8, 4) is 11.1 Å². The third-order valence-electron chi connectivity index (χ3n) is 3.44. The predicted molar refractivity (Wildman–Crippen MR) is 91.3 cm³/mol. The minimum atomic E-state index is -3.54. The topological polar surface area (TPSA) is 72.2 Å². The third-order valence-corrected chi connectivity index (χ3v) is 6.31. The van der Waals surface area contributed by atoms with Gasteiger partial charge >= 0.3 is 0 Å². The van der Waals surface area contributed by atoms with Crippen molar-refractivity contribution < 1.29 is 12.9 Å². The molecule has 7 heteroatoms. The van der Waals surface area contributed by atoms with Gasteiger partial charge in [0.1, 0.15) is 9.97 Å². The van der Waals surface area contributed by atoms with Gasteiger partial charge in [0.15, 0.2) is 0 Å². The molecular formula is C16H16N2O3S2. The monoisotopic (exact) mass is 348 g/mol. The smallest absolute Gasteiger partial charge is 0.271 e. The third kappa shape index (κ3) is 3.16. The molecule has 0 radical (unpaired) electrons. The number of nitrogens with one attached hydrogen (secondary N) is 1. The summed E-state index contributed by atoms with van der Waals surface area (Å²) in [6.45, 7) is 5.61. The lowest BCUT2D eigenvalue weighted by Gasteiger charge is -2.07. The van der Waals surface area contributed by atoms with Crippen molar-refractivity contribution in [3.63, 3.8) is 0 Å². The number of rotatable bonds is 4. The maximum Gasteiger partial charge on any atom is 0.271 e. The number of thiophene rings is 1. The average Bonchev–Trinajstić information content (AvgIpc) is 3.07. The fraction of sp³-hybridized carbons (Fsp3) is 0.188. The number of aromatic nitrogens is 1. The molecule has 0 spiro atoms. The lowest BCUT2D eigenvalue weighted by Crippen LogP contribution is -2.11. The first-order valence-electron chi connectivity index (χ1n) is 6.99. The average molecular weight is 348 g/mol. The summed E-state index contributed by atoms with van der Waals surface area (Å²) in [5.74, 6) is 0.741. The highest BCUT2D eigenvalue weighted by Gasteiger charge is 2.17. The number of hydrogen-bond acceptors (Lipinski definition) is 5. The molecule has 23 heavy (non-hydrogen) atoms. The molecule has 0 saturated carbocycles. The van der Waals surface area contributed by atoms with Crippen LogP contribution in [0.4, 0.5) is 5.69 Å². The Balaban J connectivity index is 1.86. The Bertz CT molecular complexity index is 919. The first-order chi connectivity index (χ1) is 10.9. The van der Waals surface area contributed by atoms with E-state index in [4.69, 9.17) is 4.52 Å². The molecule has 0 unspecified atom stereocenters. The van der Waals surface area contributed by atoms with Crippen LogP contribution in [0.2, 0.25) is 0 Å². The molecular weight excluding hydrogens is 332 g/mol. The summed E-state index contributed by atoms with van der Waals surface area (Å²) in [7, 11) is -3.54. The van der Waals surface area contributed by atoms with Gasteiger partial charge in [-0.3, -0.25) is 4.72 Å². The first kappa shape index (κ1) is 15.8. The lowest BCUT2D eigenvalue weighted by molar-refractivity contribution is 0.393. The van der Waals surface area contributed by atoms with Crippen molar-refractivity contribution >= 4 is 27.0 Å². The maximum atomic E-state index is 12.3. The second-order valence-electron chi connectivity index (χ2n) is 5.25. The summed E-state index contributed by atoms with van der Waals surface area (Å²) in [6.07, 6.45) is 0. The van der Waals surface area contributed by atoms with E-state index in [-0.39, 0.29) is 0 Å². The van der Waals surface area contributed by atoms with E-state index in [0.717, 1.165) is 27.5 Å². The standard InChI is InChI=1S/C16H16N2O3S2/c1-10-4-9-15(22-10)23(19,20)18-14-7-5-13(6-8-14)16-11(2)17-21-12(16)3/h4-9,18H,1-3H3.